The summed E-state index contributed by atoms with van der Waals surface area (Å²) in [5.41, 5.74) is 1.84. The van der Waals surface area contributed by atoms with E-state index in [9.17, 15) is 18.0 Å². The van der Waals surface area contributed by atoms with E-state index in [0.29, 0.717) is 29.2 Å². The molecule has 2 amide bonds. The summed E-state index contributed by atoms with van der Waals surface area (Å²) in [5.74, 6) is -0.602. The van der Waals surface area contributed by atoms with Crippen molar-refractivity contribution in [1.82, 2.24) is 14.5 Å². The van der Waals surface area contributed by atoms with Crippen LogP contribution in [-0.4, -0.2) is 63.2 Å². The Balaban J connectivity index is 1.82. The Hall–Kier alpha value is -2.27. The first-order chi connectivity index (χ1) is 15.7. The van der Waals surface area contributed by atoms with Gasteiger partial charge in [0.25, 0.3) is 11.8 Å². The standard InChI is InChI=1S/C23H32N4O4S2/c1-5-7-13-27(6-2)33(30,31)17-10-8-16(9-11-17)21(28)25-23-20(22(29)24-3)18-12-14-26(4)15-19(18)32-23/h8-11H,5-7,12-15H2,1-4H3,(H,24,29)(H,25,28). The molecule has 0 aliphatic carbocycles. The second kappa shape index (κ2) is 10.8. The Kier molecular flexibility index (Phi) is 8.28. The Bertz CT molecular complexity index is 1110. The first-order valence-corrected chi connectivity index (χ1v) is 13.4. The Labute approximate surface area is 200 Å². The minimum Gasteiger partial charge on any atom is -0.355 e. The van der Waals surface area contributed by atoms with Crippen LogP contribution in [0.3, 0.4) is 0 Å². The first kappa shape index (κ1) is 25.4. The maximum atomic E-state index is 12.9. The van der Waals surface area contributed by atoms with E-state index in [1.54, 1.807) is 7.05 Å². The van der Waals surface area contributed by atoms with Crippen LogP contribution in [0, 0.1) is 0 Å². The Morgan fingerprint density at radius 3 is 2.45 bits per heavy atom. The second-order valence-electron chi connectivity index (χ2n) is 8.10. The lowest BCUT2D eigenvalue weighted by atomic mass is 10.0. The quantitative estimate of drug-likeness (QED) is 0.560. The lowest BCUT2D eigenvalue weighted by molar-refractivity contribution is 0.0962. The number of hydrogen-bond acceptors (Lipinski definition) is 6. The number of nitrogens with one attached hydrogen (secondary N) is 2. The molecule has 1 aliphatic rings. The molecular formula is C23H32N4O4S2. The monoisotopic (exact) mass is 492 g/mol. The van der Waals surface area contributed by atoms with Crippen molar-refractivity contribution in [3.05, 3.63) is 45.8 Å². The lowest BCUT2D eigenvalue weighted by Gasteiger charge is -2.22. The van der Waals surface area contributed by atoms with Gasteiger partial charge in [0.05, 0.1) is 10.5 Å². The van der Waals surface area contributed by atoms with E-state index in [1.807, 2.05) is 20.9 Å². The summed E-state index contributed by atoms with van der Waals surface area (Å²) >= 11 is 1.42. The van der Waals surface area contributed by atoms with Crippen LogP contribution in [0.2, 0.25) is 0 Å². The third-order valence-corrected chi connectivity index (χ3v) is 8.92. The van der Waals surface area contributed by atoms with Crippen molar-refractivity contribution < 1.29 is 18.0 Å². The van der Waals surface area contributed by atoms with Gasteiger partial charge in [0.15, 0.2) is 0 Å². The molecule has 0 spiro atoms. The van der Waals surface area contributed by atoms with Gasteiger partial charge < -0.3 is 15.5 Å². The average molecular weight is 493 g/mol. The number of likely N-dealkylation sites (N-methyl/N-ethyl adjacent to an activating group) is 1. The predicted octanol–water partition coefficient (Wildman–Crippen LogP) is 3.16. The zero-order chi connectivity index (χ0) is 24.2. The van der Waals surface area contributed by atoms with Crippen LogP contribution < -0.4 is 10.6 Å². The smallest absolute Gasteiger partial charge is 0.256 e. The Morgan fingerprint density at radius 1 is 1.15 bits per heavy atom. The fourth-order valence-electron chi connectivity index (χ4n) is 3.87. The van der Waals surface area contributed by atoms with E-state index in [0.717, 1.165) is 42.8 Å². The topological polar surface area (TPSA) is 98.8 Å². The van der Waals surface area contributed by atoms with Crippen molar-refractivity contribution in [3.8, 4) is 0 Å². The third-order valence-electron chi connectivity index (χ3n) is 5.80. The largest absolute Gasteiger partial charge is 0.355 e. The van der Waals surface area contributed by atoms with Gasteiger partial charge in [-0.15, -0.1) is 11.3 Å². The summed E-state index contributed by atoms with van der Waals surface area (Å²) in [6.45, 7) is 6.29. The first-order valence-electron chi connectivity index (χ1n) is 11.2. The van der Waals surface area contributed by atoms with Gasteiger partial charge in [0.1, 0.15) is 5.00 Å². The van der Waals surface area contributed by atoms with Crippen LogP contribution in [0.25, 0.3) is 0 Å². The van der Waals surface area contributed by atoms with Crippen molar-refractivity contribution in [2.24, 2.45) is 0 Å². The highest BCUT2D eigenvalue weighted by Crippen LogP contribution is 2.37. The average Bonchev–Trinajstić information content (AvgIpc) is 3.15. The number of amides is 2. The number of unbranched alkanes of at least 4 members (excludes halogenated alkanes) is 1. The minimum atomic E-state index is -3.61. The molecule has 1 aliphatic heterocycles. The molecule has 0 atom stereocenters. The number of nitrogens with zero attached hydrogens (tertiary/aromatic N) is 2. The molecule has 1 aromatic heterocycles. The van der Waals surface area contributed by atoms with E-state index in [4.69, 9.17) is 0 Å². The SMILES string of the molecule is CCCCN(CC)S(=O)(=O)c1ccc(C(=O)Nc2sc3c(c2C(=O)NC)CCN(C)C3)cc1. The number of thiophene rings is 1. The van der Waals surface area contributed by atoms with Crippen LogP contribution >= 0.6 is 11.3 Å². The molecule has 0 saturated heterocycles. The van der Waals surface area contributed by atoms with Crippen molar-refractivity contribution in [3.63, 3.8) is 0 Å². The molecule has 0 radical (unpaired) electrons. The molecule has 180 valence electrons. The molecule has 8 nitrogen and oxygen atoms in total. The summed E-state index contributed by atoms with van der Waals surface area (Å²) in [7, 11) is -0.00591. The van der Waals surface area contributed by atoms with Crippen LogP contribution in [0.4, 0.5) is 5.00 Å². The highest BCUT2D eigenvalue weighted by atomic mass is 32.2. The fraction of sp³-hybridized carbons (Fsp3) is 0.478. The minimum absolute atomic E-state index is 0.165. The molecular weight excluding hydrogens is 460 g/mol. The van der Waals surface area contributed by atoms with Crippen molar-refractivity contribution in [2.75, 3.05) is 39.0 Å². The number of rotatable bonds is 9. The Morgan fingerprint density at radius 2 is 1.85 bits per heavy atom. The highest BCUT2D eigenvalue weighted by molar-refractivity contribution is 7.89. The molecule has 2 aromatic rings. The number of carbonyl (C=O) groups excluding carboxylic acids is 2. The maximum Gasteiger partial charge on any atom is 0.256 e. The van der Waals surface area contributed by atoms with Crippen LogP contribution in [0.5, 0.6) is 0 Å². The van der Waals surface area contributed by atoms with E-state index in [1.165, 1.54) is 39.9 Å². The number of sulfonamides is 1. The van der Waals surface area contributed by atoms with Gasteiger partial charge >= 0.3 is 0 Å². The molecule has 33 heavy (non-hydrogen) atoms. The van der Waals surface area contributed by atoms with Gasteiger partial charge in [-0.1, -0.05) is 20.3 Å². The summed E-state index contributed by atoms with van der Waals surface area (Å²) in [6.07, 6.45) is 2.45. The van der Waals surface area contributed by atoms with E-state index in [-0.39, 0.29) is 16.7 Å². The van der Waals surface area contributed by atoms with Gasteiger partial charge in [0, 0.05) is 43.7 Å². The highest BCUT2D eigenvalue weighted by Gasteiger charge is 2.28. The summed E-state index contributed by atoms with van der Waals surface area (Å²) in [5, 5.41) is 6.06. The second-order valence-corrected chi connectivity index (χ2v) is 11.1. The number of anilines is 1. The van der Waals surface area contributed by atoms with Crippen LogP contribution in [0.15, 0.2) is 29.2 Å². The molecule has 2 heterocycles. The summed E-state index contributed by atoms with van der Waals surface area (Å²) in [4.78, 5) is 28.9. The van der Waals surface area contributed by atoms with Gasteiger partial charge in [-0.25, -0.2) is 8.42 Å². The zero-order valence-corrected chi connectivity index (χ0v) is 21.2. The predicted molar refractivity (Wildman–Crippen MR) is 131 cm³/mol. The zero-order valence-electron chi connectivity index (χ0n) is 19.6. The third kappa shape index (κ3) is 5.46. The molecule has 2 N–H and O–H groups in total. The van der Waals surface area contributed by atoms with E-state index < -0.39 is 10.0 Å². The maximum absolute atomic E-state index is 12.9. The molecule has 10 heteroatoms. The van der Waals surface area contributed by atoms with Crippen LogP contribution in [-0.2, 0) is 23.0 Å². The van der Waals surface area contributed by atoms with Gasteiger partial charge in [0.2, 0.25) is 10.0 Å². The number of carbonyl (C=O) groups is 2. The molecule has 3 rings (SSSR count). The number of fused-ring (bicyclic) bond motifs is 1. The van der Waals surface area contributed by atoms with Crippen molar-refractivity contribution in [2.45, 2.75) is 44.6 Å². The van der Waals surface area contributed by atoms with Crippen LogP contribution in [0.1, 0.15) is 57.8 Å². The molecule has 0 fully saturated rings. The van der Waals surface area contributed by atoms with Gasteiger partial charge in [-0.3, -0.25) is 9.59 Å². The van der Waals surface area contributed by atoms with Crippen molar-refractivity contribution in [1.29, 1.82) is 0 Å². The molecule has 0 unspecified atom stereocenters. The van der Waals surface area contributed by atoms with Gasteiger partial charge in [-0.2, -0.15) is 4.31 Å². The summed E-state index contributed by atoms with van der Waals surface area (Å²) in [6, 6.07) is 5.95. The normalized spacial score (nSPS) is 14.2. The lowest BCUT2D eigenvalue weighted by Crippen LogP contribution is -2.31. The number of hydrogen-bond donors (Lipinski definition) is 2. The van der Waals surface area contributed by atoms with E-state index >= 15 is 0 Å². The molecule has 0 bridgehead atoms. The molecule has 1 aromatic carbocycles. The summed E-state index contributed by atoms with van der Waals surface area (Å²) < 4.78 is 27.3. The fourth-order valence-corrected chi connectivity index (χ4v) is 6.68. The number of benzene rings is 1. The molecule has 0 saturated carbocycles. The van der Waals surface area contributed by atoms with E-state index in [2.05, 4.69) is 15.5 Å². The van der Waals surface area contributed by atoms with Crippen molar-refractivity contribution >= 4 is 38.2 Å². The van der Waals surface area contributed by atoms with Gasteiger partial charge in [-0.05, 0) is 49.7 Å².